The van der Waals surface area contributed by atoms with Gasteiger partial charge in [-0.3, -0.25) is 0 Å². The standard InChI is InChI=1S/C16H26FN3/c1-16(2,3)20-11-13-8-9-18-15(14(13)17)19-10-12-6-4-5-7-12/h8-9,12,20H,4-7,10-11H2,1-3H3,(H,18,19). The zero-order valence-electron chi connectivity index (χ0n) is 12.8. The smallest absolute Gasteiger partial charge is 0.169 e. The first kappa shape index (κ1) is 15.2. The highest BCUT2D eigenvalue weighted by Crippen LogP contribution is 2.25. The summed E-state index contributed by atoms with van der Waals surface area (Å²) in [4.78, 5) is 4.13. The molecule has 0 amide bonds. The van der Waals surface area contributed by atoms with E-state index >= 15 is 0 Å². The SMILES string of the molecule is CC(C)(C)NCc1ccnc(NCC2CCCC2)c1F. The van der Waals surface area contributed by atoms with Gasteiger partial charge in [-0.05, 0) is 45.6 Å². The van der Waals surface area contributed by atoms with Crippen molar-refractivity contribution in [2.24, 2.45) is 5.92 Å². The van der Waals surface area contributed by atoms with Crippen molar-refractivity contribution in [2.75, 3.05) is 11.9 Å². The van der Waals surface area contributed by atoms with Crippen molar-refractivity contribution in [2.45, 2.75) is 58.5 Å². The van der Waals surface area contributed by atoms with Crippen LogP contribution in [-0.2, 0) is 6.54 Å². The van der Waals surface area contributed by atoms with Crippen LogP contribution in [0, 0.1) is 11.7 Å². The molecule has 20 heavy (non-hydrogen) atoms. The number of anilines is 1. The molecule has 0 aromatic carbocycles. The lowest BCUT2D eigenvalue weighted by molar-refractivity contribution is 0.418. The lowest BCUT2D eigenvalue weighted by atomic mass is 10.1. The number of rotatable bonds is 5. The van der Waals surface area contributed by atoms with Crippen LogP contribution in [0.1, 0.15) is 52.0 Å². The maximum atomic E-state index is 14.4. The molecule has 0 spiro atoms. The Labute approximate surface area is 121 Å². The number of nitrogens with one attached hydrogen (secondary N) is 2. The van der Waals surface area contributed by atoms with Gasteiger partial charge in [0.15, 0.2) is 11.6 Å². The van der Waals surface area contributed by atoms with E-state index in [1.165, 1.54) is 25.7 Å². The van der Waals surface area contributed by atoms with Gasteiger partial charge in [0, 0.05) is 30.4 Å². The summed E-state index contributed by atoms with van der Waals surface area (Å²) in [5, 5.41) is 6.49. The quantitative estimate of drug-likeness (QED) is 0.862. The van der Waals surface area contributed by atoms with Crippen molar-refractivity contribution in [1.29, 1.82) is 0 Å². The van der Waals surface area contributed by atoms with Gasteiger partial charge >= 0.3 is 0 Å². The molecule has 0 unspecified atom stereocenters. The molecule has 2 N–H and O–H groups in total. The first-order valence-electron chi connectivity index (χ1n) is 7.58. The summed E-state index contributed by atoms with van der Waals surface area (Å²) < 4.78 is 14.4. The van der Waals surface area contributed by atoms with E-state index in [0.29, 0.717) is 23.8 Å². The zero-order valence-corrected chi connectivity index (χ0v) is 12.8. The molecule has 1 fully saturated rings. The van der Waals surface area contributed by atoms with E-state index in [2.05, 4.69) is 36.4 Å². The number of aromatic nitrogens is 1. The van der Waals surface area contributed by atoms with Crippen LogP contribution < -0.4 is 10.6 Å². The van der Waals surface area contributed by atoms with Crippen LogP contribution in [-0.4, -0.2) is 17.1 Å². The minimum Gasteiger partial charge on any atom is -0.367 e. The highest BCUT2D eigenvalue weighted by Gasteiger charge is 2.17. The van der Waals surface area contributed by atoms with Crippen LogP contribution >= 0.6 is 0 Å². The average molecular weight is 279 g/mol. The van der Waals surface area contributed by atoms with Crippen molar-refractivity contribution in [3.05, 3.63) is 23.6 Å². The van der Waals surface area contributed by atoms with E-state index in [1.807, 2.05) is 0 Å². The number of nitrogens with zero attached hydrogens (tertiary/aromatic N) is 1. The summed E-state index contributed by atoms with van der Waals surface area (Å²) >= 11 is 0. The van der Waals surface area contributed by atoms with Crippen LogP contribution in [0.25, 0.3) is 0 Å². The Kier molecular flexibility index (Phi) is 4.97. The van der Waals surface area contributed by atoms with Crippen molar-refractivity contribution < 1.29 is 4.39 Å². The third-order valence-electron chi connectivity index (χ3n) is 3.81. The number of hydrogen-bond donors (Lipinski definition) is 2. The number of halogens is 1. The fourth-order valence-electron chi connectivity index (χ4n) is 2.56. The third kappa shape index (κ3) is 4.44. The summed E-state index contributed by atoms with van der Waals surface area (Å²) in [6, 6.07) is 1.74. The summed E-state index contributed by atoms with van der Waals surface area (Å²) in [6.07, 6.45) is 6.79. The molecular formula is C16H26FN3. The van der Waals surface area contributed by atoms with Gasteiger partial charge in [-0.25, -0.2) is 9.37 Å². The van der Waals surface area contributed by atoms with Crippen LogP contribution in [0.3, 0.4) is 0 Å². The fraction of sp³-hybridized carbons (Fsp3) is 0.688. The van der Waals surface area contributed by atoms with Crippen LogP contribution in [0.15, 0.2) is 12.3 Å². The molecule has 1 aromatic rings. The van der Waals surface area contributed by atoms with E-state index in [-0.39, 0.29) is 11.4 Å². The summed E-state index contributed by atoms with van der Waals surface area (Å²) in [6.45, 7) is 7.58. The molecule has 112 valence electrons. The predicted molar refractivity (Wildman–Crippen MR) is 81.2 cm³/mol. The molecular weight excluding hydrogens is 253 g/mol. The fourth-order valence-corrected chi connectivity index (χ4v) is 2.56. The van der Waals surface area contributed by atoms with Crippen molar-refractivity contribution in [3.8, 4) is 0 Å². The minimum atomic E-state index is -0.220. The molecule has 0 radical (unpaired) electrons. The molecule has 2 rings (SSSR count). The molecule has 0 aliphatic heterocycles. The van der Waals surface area contributed by atoms with Crippen molar-refractivity contribution in [3.63, 3.8) is 0 Å². The van der Waals surface area contributed by atoms with Gasteiger partial charge < -0.3 is 10.6 Å². The second-order valence-corrected chi connectivity index (χ2v) is 6.77. The van der Waals surface area contributed by atoms with E-state index < -0.39 is 0 Å². The molecule has 0 atom stereocenters. The molecule has 1 aromatic heterocycles. The molecule has 4 heteroatoms. The van der Waals surface area contributed by atoms with Crippen LogP contribution in [0.4, 0.5) is 10.2 Å². The van der Waals surface area contributed by atoms with Gasteiger partial charge in [0.05, 0.1) is 0 Å². The largest absolute Gasteiger partial charge is 0.367 e. The Morgan fingerprint density at radius 1 is 1.30 bits per heavy atom. The first-order chi connectivity index (χ1) is 9.46. The Hall–Kier alpha value is -1.16. The lowest BCUT2D eigenvalue weighted by Crippen LogP contribution is -2.35. The maximum Gasteiger partial charge on any atom is 0.169 e. The van der Waals surface area contributed by atoms with Gasteiger partial charge in [-0.1, -0.05) is 12.8 Å². The maximum absolute atomic E-state index is 14.4. The van der Waals surface area contributed by atoms with Crippen LogP contribution in [0.2, 0.25) is 0 Å². The molecule has 3 nitrogen and oxygen atoms in total. The number of pyridine rings is 1. The van der Waals surface area contributed by atoms with E-state index in [0.717, 1.165) is 6.54 Å². The molecule has 1 saturated carbocycles. The monoisotopic (exact) mass is 279 g/mol. The first-order valence-corrected chi connectivity index (χ1v) is 7.58. The highest BCUT2D eigenvalue weighted by molar-refractivity contribution is 5.40. The Morgan fingerprint density at radius 2 is 2.00 bits per heavy atom. The zero-order chi connectivity index (χ0) is 14.6. The topological polar surface area (TPSA) is 37.0 Å². The summed E-state index contributed by atoms with van der Waals surface area (Å²) in [7, 11) is 0. The average Bonchev–Trinajstić information content (AvgIpc) is 2.88. The highest BCUT2D eigenvalue weighted by atomic mass is 19.1. The van der Waals surface area contributed by atoms with Gasteiger partial charge in [0.2, 0.25) is 0 Å². The third-order valence-corrected chi connectivity index (χ3v) is 3.81. The second kappa shape index (κ2) is 6.53. The summed E-state index contributed by atoms with van der Waals surface area (Å²) in [5.74, 6) is 0.847. The Morgan fingerprint density at radius 3 is 2.65 bits per heavy atom. The molecule has 1 aliphatic rings. The minimum absolute atomic E-state index is 0.0207. The van der Waals surface area contributed by atoms with Gasteiger partial charge in [-0.2, -0.15) is 0 Å². The van der Waals surface area contributed by atoms with Crippen LogP contribution in [0.5, 0.6) is 0 Å². The molecule has 0 saturated heterocycles. The molecule has 1 aliphatic carbocycles. The van der Waals surface area contributed by atoms with E-state index in [1.54, 1.807) is 12.3 Å². The summed E-state index contributed by atoms with van der Waals surface area (Å²) in [5.41, 5.74) is 0.650. The lowest BCUT2D eigenvalue weighted by Gasteiger charge is -2.21. The number of hydrogen-bond acceptors (Lipinski definition) is 3. The Bertz CT molecular complexity index is 434. The molecule has 0 bridgehead atoms. The van der Waals surface area contributed by atoms with Crippen molar-refractivity contribution >= 4 is 5.82 Å². The molecule has 1 heterocycles. The second-order valence-electron chi connectivity index (χ2n) is 6.77. The predicted octanol–water partition coefficient (Wildman–Crippen LogP) is 3.71. The van der Waals surface area contributed by atoms with E-state index in [4.69, 9.17) is 0 Å². The van der Waals surface area contributed by atoms with Crippen molar-refractivity contribution in [1.82, 2.24) is 10.3 Å². The normalized spacial score (nSPS) is 16.6. The van der Waals surface area contributed by atoms with E-state index in [9.17, 15) is 4.39 Å². The van der Waals surface area contributed by atoms with Gasteiger partial charge in [-0.15, -0.1) is 0 Å². The van der Waals surface area contributed by atoms with Gasteiger partial charge in [0.25, 0.3) is 0 Å². The Balaban J connectivity index is 1.95. The van der Waals surface area contributed by atoms with Gasteiger partial charge in [0.1, 0.15) is 0 Å².